The van der Waals surface area contributed by atoms with Crippen LogP contribution in [0.1, 0.15) is 10.4 Å². The number of carbonyl (C=O) groups is 1. The minimum Gasteiger partial charge on any atom is -0.525 e. The minimum atomic E-state index is -0.332. The molecule has 0 radical (unpaired) electrons. The van der Waals surface area contributed by atoms with E-state index >= 15 is 0 Å². The maximum atomic E-state index is 10.8. The molecule has 10 heavy (non-hydrogen) atoms. The summed E-state index contributed by atoms with van der Waals surface area (Å²) < 4.78 is 4.57. The van der Waals surface area contributed by atoms with Crippen molar-refractivity contribution in [3.8, 4) is 0 Å². The van der Waals surface area contributed by atoms with Crippen molar-refractivity contribution in [1.29, 1.82) is 0 Å². The van der Waals surface area contributed by atoms with E-state index in [1.807, 2.05) is 0 Å². The van der Waals surface area contributed by atoms with Crippen LogP contribution in [0.4, 0.5) is 0 Å². The van der Waals surface area contributed by atoms with Crippen molar-refractivity contribution in [1.82, 2.24) is 10.2 Å². The lowest BCUT2D eigenvalue weighted by Crippen LogP contribution is -2.02. The molecule has 0 amide bonds. The molecule has 0 aromatic carbocycles. The van der Waals surface area contributed by atoms with Crippen molar-refractivity contribution in [3.63, 3.8) is 0 Å². The van der Waals surface area contributed by atoms with Crippen molar-refractivity contribution in [2.45, 2.75) is 0 Å². The average molecular weight is 154 g/mol. The van der Waals surface area contributed by atoms with E-state index in [0.29, 0.717) is 16.0 Å². The van der Waals surface area contributed by atoms with Crippen LogP contribution < -0.4 is 0 Å². The smallest absolute Gasteiger partial charge is 0.325 e. The Labute approximate surface area is 60.8 Å². The van der Waals surface area contributed by atoms with Gasteiger partial charge in [-0.05, 0) is 6.07 Å². The lowest BCUT2D eigenvalue weighted by atomic mass is 10.3. The molecule has 1 rings (SSSR count). The Bertz CT molecular complexity index is 226. The van der Waals surface area contributed by atoms with Gasteiger partial charge in [-0.2, -0.15) is 10.2 Å². The van der Waals surface area contributed by atoms with Crippen LogP contribution in [-0.2, 0) is 4.43 Å². The Morgan fingerprint density at radius 2 is 2.40 bits per heavy atom. The fourth-order valence-electron chi connectivity index (χ4n) is 0.529. The van der Waals surface area contributed by atoms with Crippen LogP contribution in [0, 0.1) is 0 Å². The zero-order chi connectivity index (χ0) is 7.40. The summed E-state index contributed by atoms with van der Waals surface area (Å²) in [7, 11) is 0.410. The van der Waals surface area contributed by atoms with Crippen molar-refractivity contribution in [3.05, 3.63) is 24.0 Å². The van der Waals surface area contributed by atoms with Crippen molar-refractivity contribution in [2.75, 3.05) is 0 Å². The number of hydrogen-bond acceptors (Lipinski definition) is 4. The second kappa shape index (κ2) is 3.07. The quantitative estimate of drug-likeness (QED) is 0.482. The summed E-state index contributed by atoms with van der Waals surface area (Å²) in [5, 5.41) is 7.03. The van der Waals surface area contributed by atoms with Gasteiger partial charge in [0.05, 0.1) is 18.0 Å². The maximum Gasteiger partial charge on any atom is 0.325 e. The van der Waals surface area contributed by atoms with E-state index in [4.69, 9.17) is 0 Å². The van der Waals surface area contributed by atoms with Gasteiger partial charge in [0.15, 0.2) is 0 Å². The van der Waals surface area contributed by atoms with Crippen molar-refractivity contribution < 1.29 is 9.22 Å². The summed E-state index contributed by atoms with van der Waals surface area (Å²) in [6.07, 6.45) is 2.83. The van der Waals surface area contributed by atoms with Crippen molar-refractivity contribution in [2.24, 2.45) is 0 Å². The molecule has 0 saturated heterocycles. The molecule has 0 aliphatic rings. The molecular formula is C5H6N2O2Si. The Morgan fingerprint density at radius 1 is 1.60 bits per heavy atom. The number of carbonyl (C=O) groups excluding carboxylic acids is 1. The zero-order valence-electron chi connectivity index (χ0n) is 5.44. The summed E-state index contributed by atoms with van der Waals surface area (Å²) >= 11 is 0. The average Bonchev–Trinajstić information content (AvgIpc) is 2.05. The first-order chi connectivity index (χ1) is 4.84. The third-order valence-corrected chi connectivity index (χ3v) is 1.38. The molecule has 1 aromatic heterocycles. The van der Waals surface area contributed by atoms with E-state index in [-0.39, 0.29) is 5.97 Å². The third-order valence-electron chi connectivity index (χ3n) is 1.01. The first kappa shape index (κ1) is 6.88. The molecule has 52 valence electrons. The lowest BCUT2D eigenvalue weighted by molar-refractivity contribution is 0.0749. The monoisotopic (exact) mass is 154 g/mol. The zero-order valence-corrected chi connectivity index (χ0v) is 7.44. The van der Waals surface area contributed by atoms with Gasteiger partial charge in [-0.1, -0.05) is 0 Å². The molecule has 0 atom stereocenters. The summed E-state index contributed by atoms with van der Waals surface area (Å²) in [6.45, 7) is 0. The molecule has 1 aromatic rings. The van der Waals surface area contributed by atoms with Crippen LogP contribution in [0.15, 0.2) is 18.5 Å². The standard InChI is InChI=1S/C5H6N2O2Si/c8-5(9-10)4-1-2-6-7-3-4/h1-3H,10H3. The van der Waals surface area contributed by atoms with Gasteiger partial charge in [0, 0.05) is 0 Å². The first-order valence-electron chi connectivity index (χ1n) is 2.69. The highest BCUT2D eigenvalue weighted by Gasteiger charge is 2.01. The minimum absolute atomic E-state index is 0.332. The second-order valence-electron chi connectivity index (χ2n) is 1.62. The van der Waals surface area contributed by atoms with Gasteiger partial charge in [-0.3, -0.25) is 0 Å². The summed E-state index contributed by atoms with van der Waals surface area (Å²) in [6, 6.07) is 1.56. The Balaban J connectivity index is 2.85. The number of nitrogens with zero attached hydrogens (tertiary/aromatic N) is 2. The third kappa shape index (κ3) is 1.38. The van der Waals surface area contributed by atoms with Crippen LogP contribution in [0.25, 0.3) is 0 Å². The molecule has 1 heterocycles. The van der Waals surface area contributed by atoms with Crippen LogP contribution in [-0.4, -0.2) is 26.7 Å². The largest absolute Gasteiger partial charge is 0.525 e. The molecule has 5 heteroatoms. The predicted octanol–water partition coefficient (Wildman–Crippen LogP) is -1.09. The Kier molecular flexibility index (Phi) is 2.11. The molecular weight excluding hydrogens is 148 g/mol. The van der Waals surface area contributed by atoms with Gasteiger partial charge in [0.1, 0.15) is 0 Å². The highest BCUT2D eigenvalue weighted by Crippen LogP contribution is 1.94. The highest BCUT2D eigenvalue weighted by atomic mass is 28.2. The van der Waals surface area contributed by atoms with E-state index in [1.54, 1.807) is 6.07 Å². The molecule has 0 saturated carbocycles. The Hall–Kier alpha value is -1.23. The number of rotatable bonds is 1. The van der Waals surface area contributed by atoms with E-state index < -0.39 is 0 Å². The SMILES string of the molecule is O=C(O[SiH3])c1ccnnc1. The van der Waals surface area contributed by atoms with E-state index in [1.165, 1.54) is 12.4 Å². The fourth-order valence-corrected chi connectivity index (χ4v) is 0.765. The molecule has 0 fully saturated rings. The number of aromatic nitrogens is 2. The summed E-state index contributed by atoms with van der Waals surface area (Å²) in [5.74, 6) is -0.332. The van der Waals surface area contributed by atoms with Gasteiger partial charge in [0.2, 0.25) is 10.5 Å². The van der Waals surface area contributed by atoms with Gasteiger partial charge in [-0.25, -0.2) is 4.79 Å². The van der Waals surface area contributed by atoms with Crippen LogP contribution in [0.3, 0.4) is 0 Å². The molecule has 0 spiro atoms. The molecule has 0 N–H and O–H groups in total. The van der Waals surface area contributed by atoms with E-state index in [0.717, 1.165) is 0 Å². The van der Waals surface area contributed by atoms with Gasteiger partial charge >= 0.3 is 5.97 Å². The maximum absolute atomic E-state index is 10.8. The first-order valence-corrected chi connectivity index (χ1v) is 3.51. The molecule has 0 bridgehead atoms. The molecule has 4 nitrogen and oxygen atoms in total. The van der Waals surface area contributed by atoms with E-state index in [9.17, 15) is 4.79 Å². The van der Waals surface area contributed by atoms with Crippen LogP contribution in [0.2, 0.25) is 0 Å². The summed E-state index contributed by atoms with van der Waals surface area (Å²) in [4.78, 5) is 10.8. The lowest BCUT2D eigenvalue weighted by Gasteiger charge is -1.95. The van der Waals surface area contributed by atoms with Gasteiger partial charge < -0.3 is 4.43 Å². The predicted molar refractivity (Wildman–Crippen MR) is 37.4 cm³/mol. The van der Waals surface area contributed by atoms with E-state index in [2.05, 4.69) is 14.6 Å². The highest BCUT2D eigenvalue weighted by molar-refractivity contribution is 6.09. The van der Waals surface area contributed by atoms with Gasteiger partial charge in [0.25, 0.3) is 0 Å². The normalized spacial score (nSPS) is 9.20. The Morgan fingerprint density at radius 3 is 2.90 bits per heavy atom. The molecule has 0 aliphatic carbocycles. The number of hydrogen-bond donors (Lipinski definition) is 0. The topological polar surface area (TPSA) is 52.1 Å². The van der Waals surface area contributed by atoms with Gasteiger partial charge in [-0.15, -0.1) is 0 Å². The molecule has 0 unspecified atom stereocenters. The summed E-state index contributed by atoms with van der Waals surface area (Å²) in [5.41, 5.74) is 0.449. The van der Waals surface area contributed by atoms with Crippen molar-refractivity contribution >= 4 is 16.5 Å². The van der Waals surface area contributed by atoms with Crippen LogP contribution >= 0.6 is 0 Å². The molecule has 0 aliphatic heterocycles. The fraction of sp³-hybridized carbons (Fsp3) is 0. The second-order valence-corrected chi connectivity index (χ2v) is 2.03. The van der Waals surface area contributed by atoms with Crippen LogP contribution in [0.5, 0.6) is 0 Å².